The quantitative estimate of drug-likeness (QED) is 0.689. The second-order valence-electron chi connectivity index (χ2n) is 5.92. The minimum absolute atomic E-state index is 0.493. The number of benzene rings is 1. The van der Waals surface area contributed by atoms with Gasteiger partial charge in [0, 0.05) is 6.61 Å². The second-order valence-corrected chi connectivity index (χ2v) is 5.92. The van der Waals surface area contributed by atoms with E-state index in [0.717, 1.165) is 36.3 Å². The fourth-order valence-electron chi connectivity index (χ4n) is 2.26. The summed E-state index contributed by atoms with van der Waals surface area (Å²) in [4.78, 5) is 0. The van der Waals surface area contributed by atoms with Crippen molar-refractivity contribution < 1.29 is 14.6 Å². The normalized spacial score (nSPS) is 13.0. The highest BCUT2D eigenvalue weighted by molar-refractivity contribution is 5.56. The van der Waals surface area contributed by atoms with Crippen LogP contribution in [0.15, 0.2) is 18.2 Å². The van der Waals surface area contributed by atoms with Gasteiger partial charge in [-0.1, -0.05) is 26.8 Å². The molecule has 1 unspecified atom stereocenters. The zero-order valence-corrected chi connectivity index (χ0v) is 14.6. The van der Waals surface area contributed by atoms with Crippen molar-refractivity contribution in [1.29, 1.82) is 0 Å². The van der Waals surface area contributed by atoms with Gasteiger partial charge < -0.3 is 14.6 Å². The van der Waals surface area contributed by atoms with Gasteiger partial charge in [-0.05, 0) is 67.5 Å². The van der Waals surface area contributed by atoms with Gasteiger partial charge in [-0.3, -0.25) is 0 Å². The monoisotopic (exact) mass is 306 g/mol. The van der Waals surface area contributed by atoms with Gasteiger partial charge in [-0.15, -0.1) is 0 Å². The number of hydrogen-bond acceptors (Lipinski definition) is 3. The highest BCUT2D eigenvalue weighted by atomic mass is 16.6. The number of aliphatic hydroxyl groups excluding tert-OH is 1. The third-order valence-corrected chi connectivity index (χ3v) is 3.49. The molecule has 1 rings (SSSR count). The smallest absolute Gasteiger partial charge is 0.174 e. The first-order valence-electron chi connectivity index (χ1n) is 8.22. The summed E-state index contributed by atoms with van der Waals surface area (Å²) in [7, 11) is 0. The zero-order valence-electron chi connectivity index (χ0n) is 14.6. The Labute approximate surface area is 135 Å². The zero-order chi connectivity index (χ0) is 16.5. The minimum Gasteiger partial charge on any atom is -0.493 e. The van der Waals surface area contributed by atoms with Crippen LogP contribution in [0.2, 0.25) is 0 Å². The van der Waals surface area contributed by atoms with Gasteiger partial charge in [0.15, 0.2) is 6.29 Å². The lowest BCUT2D eigenvalue weighted by Gasteiger charge is -2.15. The molecular weight excluding hydrogens is 276 g/mol. The van der Waals surface area contributed by atoms with Gasteiger partial charge in [-0.2, -0.15) is 0 Å². The van der Waals surface area contributed by atoms with Crippen LogP contribution in [0.25, 0.3) is 6.08 Å². The molecule has 0 heterocycles. The summed E-state index contributed by atoms with van der Waals surface area (Å²) in [5, 5.41) is 9.60. The van der Waals surface area contributed by atoms with Crippen LogP contribution >= 0.6 is 0 Å². The third-order valence-electron chi connectivity index (χ3n) is 3.49. The van der Waals surface area contributed by atoms with Crippen LogP contribution in [0.3, 0.4) is 0 Å². The van der Waals surface area contributed by atoms with Gasteiger partial charge in [0.25, 0.3) is 0 Å². The molecule has 1 atom stereocenters. The fourth-order valence-corrected chi connectivity index (χ4v) is 2.26. The first kappa shape index (κ1) is 18.7. The molecule has 0 aliphatic carbocycles. The molecule has 0 saturated carbocycles. The molecule has 0 spiro atoms. The molecule has 0 aliphatic rings. The van der Waals surface area contributed by atoms with E-state index < -0.39 is 6.29 Å². The Morgan fingerprint density at radius 2 is 1.95 bits per heavy atom. The summed E-state index contributed by atoms with van der Waals surface area (Å²) in [5.41, 5.74) is 3.40. The summed E-state index contributed by atoms with van der Waals surface area (Å²) in [6.45, 7) is 11.7. The van der Waals surface area contributed by atoms with Crippen molar-refractivity contribution in [2.24, 2.45) is 5.92 Å². The number of hydrogen-bond donors (Lipinski definition) is 1. The Balaban J connectivity index is 2.85. The molecule has 0 saturated heterocycles. The van der Waals surface area contributed by atoms with E-state index in [-0.39, 0.29) is 0 Å². The highest BCUT2D eigenvalue weighted by Crippen LogP contribution is 2.27. The largest absolute Gasteiger partial charge is 0.493 e. The van der Waals surface area contributed by atoms with Crippen LogP contribution in [-0.4, -0.2) is 24.6 Å². The maximum Gasteiger partial charge on any atom is 0.174 e. The Kier molecular flexibility index (Phi) is 8.21. The van der Waals surface area contributed by atoms with Crippen molar-refractivity contribution in [1.82, 2.24) is 0 Å². The Bertz CT molecular complexity index is 478. The van der Waals surface area contributed by atoms with Crippen LogP contribution in [0, 0.1) is 12.8 Å². The van der Waals surface area contributed by atoms with E-state index in [9.17, 15) is 5.11 Å². The molecule has 0 radical (unpaired) electrons. The van der Waals surface area contributed by atoms with Gasteiger partial charge in [0.1, 0.15) is 5.75 Å². The maximum atomic E-state index is 9.60. The summed E-state index contributed by atoms with van der Waals surface area (Å²) < 4.78 is 11.1. The molecule has 0 amide bonds. The minimum atomic E-state index is -0.850. The predicted molar refractivity (Wildman–Crippen MR) is 92.2 cm³/mol. The number of aliphatic hydroxyl groups is 1. The van der Waals surface area contributed by atoms with Crippen molar-refractivity contribution >= 4 is 6.08 Å². The van der Waals surface area contributed by atoms with E-state index in [4.69, 9.17) is 9.47 Å². The molecule has 0 aliphatic heterocycles. The maximum absolute atomic E-state index is 9.60. The van der Waals surface area contributed by atoms with E-state index >= 15 is 0 Å². The summed E-state index contributed by atoms with van der Waals surface area (Å²) >= 11 is 0. The average molecular weight is 306 g/mol. The molecule has 0 aromatic heterocycles. The molecule has 1 aromatic carbocycles. The van der Waals surface area contributed by atoms with Gasteiger partial charge >= 0.3 is 0 Å². The number of ether oxygens (including phenoxy) is 2. The molecule has 0 bridgehead atoms. The first-order chi connectivity index (χ1) is 10.5. The molecule has 3 nitrogen and oxygen atoms in total. The summed E-state index contributed by atoms with van der Waals surface area (Å²) in [6, 6.07) is 4.20. The molecule has 3 heteroatoms. The molecule has 1 aromatic rings. The number of aryl methyl sites for hydroxylation is 2. The Morgan fingerprint density at radius 3 is 2.55 bits per heavy atom. The van der Waals surface area contributed by atoms with Crippen molar-refractivity contribution in [2.45, 2.75) is 53.8 Å². The van der Waals surface area contributed by atoms with E-state index in [1.807, 2.05) is 13.0 Å². The fraction of sp³-hybridized carbons (Fsp3) is 0.579. The van der Waals surface area contributed by atoms with E-state index in [2.05, 4.69) is 39.8 Å². The lowest BCUT2D eigenvalue weighted by molar-refractivity contribution is -0.0581. The van der Waals surface area contributed by atoms with Crippen molar-refractivity contribution in [3.05, 3.63) is 34.9 Å². The van der Waals surface area contributed by atoms with Crippen molar-refractivity contribution in [3.63, 3.8) is 0 Å². The van der Waals surface area contributed by atoms with Crippen LogP contribution in [-0.2, 0) is 11.2 Å². The number of rotatable bonds is 9. The summed E-state index contributed by atoms with van der Waals surface area (Å²) in [6.07, 6.45) is 4.69. The van der Waals surface area contributed by atoms with E-state index in [1.165, 1.54) is 5.56 Å². The highest BCUT2D eigenvalue weighted by Gasteiger charge is 2.08. The molecule has 0 fully saturated rings. The van der Waals surface area contributed by atoms with Crippen molar-refractivity contribution in [3.8, 4) is 5.75 Å². The van der Waals surface area contributed by atoms with Crippen molar-refractivity contribution in [2.75, 3.05) is 13.2 Å². The molecule has 1 N–H and O–H groups in total. The van der Waals surface area contributed by atoms with Crippen LogP contribution in [0.1, 0.15) is 50.8 Å². The molecule has 124 valence electrons. The Hall–Kier alpha value is -1.32. The molecule has 22 heavy (non-hydrogen) atoms. The van der Waals surface area contributed by atoms with Gasteiger partial charge in [0.05, 0.1) is 6.61 Å². The predicted octanol–water partition coefficient (Wildman–Crippen LogP) is 4.35. The third kappa shape index (κ3) is 6.20. The van der Waals surface area contributed by atoms with Gasteiger partial charge in [0.2, 0.25) is 0 Å². The molecular formula is C19H30O3. The second kappa shape index (κ2) is 9.65. The first-order valence-corrected chi connectivity index (χ1v) is 8.22. The Morgan fingerprint density at radius 1 is 1.23 bits per heavy atom. The van der Waals surface area contributed by atoms with Crippen LogP contribution < -0.4 is 4.74 Å². The lowest BCUT2D eigenvalue weighted by atomic mass is 10.0. The van der Waals surface area contributed by atoms with Gasteiger partial charge in [-0.25, -0.2) is 0 Å². The van der Waals surface area contributed by atoms with E-state index in [1.54, 1.807) is 6.08 Å². The topological polar surface area (TPSA) is 38.7 Å². The summed E-state index contributed by atoms with van der Waals surface area (Å²) in [5.74, 6) is 1.65. The SMILES string of the molecule is CCOC(O)C=Cc1cc(C)c(OCCC(C)C)c(CC)c1. The standard InChI is InChI=1S/C19H30O3/c1-6-17-13-16(8-9-18(20)21-7-2)12-15(5)19(17)22-11-10-14(3)4/h8-9,12-14,18,20H,6-7,10-11H2,1-5H3. The van der Waals surface area contributed by atoms with Crippen LogP contribution in [0.5, 0.6) is 5.75 Å². The van der Waals surface area contributed by atoms with E-state index in [0.29, 0.717) is 12.5 Å². The lowest BCUT2D eigenvalue weighted by Crippen LogP contribution is -2.07. The van der Waals surface area contributed by atoms with Crippen LogP contribution in [0.4, 0.5) is 0 Å². The average Bonchev–Trinajstić information content (AvgIpc) is 2.46.